The molecule has 8 heteroatoms. The number of carbonyl (C=O) groups is 1. The van der Waals surface area contributed by atoms with Crippen molar-refractivity contribution < 1.29 is 9.18 Å². The molecular formula is C16H18FN3OS3. The summed E-state index contributed by atoms with van der Waals surface area (Å²) in [6.45, 7) is 2.95. The van der Waals surface area contributed by atoms with Crippen LogP contribution in [-0.2, 0) is 4.79 Å². The van der Waals surface area contributed by atoms with Gasteiger partial charge in [0.15, 0.2) is 8.29 Å². The van der Waals surface area contributed by atoms with Gasteiger partial charge in [-0.25, -0.2) is 9.07 Å². The quantitative estimate of drug-likeness (QED) is 0.583. The fourth-order valence-corrected chi connectivity index (χ4v) is 4.99. The molecule has 2 heterocycles. The number of carbonyl (C=O) groups excluding carboxylic acids is 1. The van der Waals surface area contributed by atoms with E-state index in [-0.39, 0.29) is 11.7 Å². The van der Waals surface area contributed by atoms with E-state index in [1.54, 1.807) is 16.8 Å². The summed E-state index contributed by atoms with van der Waals surface area (Å²) in [6.07, 6.45) is 3.36. The van der Waals surface area contributed by atoms with E-state index in [0.29, 0.717) is 15.7 Å². The predicted octanol–water partition coefficient (Wildman–Crippen LogP) is 4.30. The van der Waals surface area contributed by atoms with Crippen molar-refractivity contribution in [1.29, 1.82) is 0 Å². The van der Waals surface area contributed by atoms with Crippen LogP contribution in [0.5, 0.6) is 0 Å². The summed E-state index contributed by atoms with van der Waals surface area (Å²) in [6, 6.07) is 6.36. The molecule has 1 amide bonds. The standard InChI is InChI=1S/C16H18FN3OS3/c1-11-4-2-3-9-19(11)14(21)10-23-15-18-20(16(22)24-15)13-7-5-12(17)6-8-13/h5-8,11H,2-4,9-10H2,1H3/t11-/m0/s1. The zero-order valence-corrected chi connectivity index (χ0v) is 15.7. The molecule has 1 fully saturated rings. The summed E-state index contributed by atoms with van der Waals surface area (Å²) in [5, 5.41) is 4.45. The lowest BCUT2D eigenvalue weighted by Gasteiger charge is -2.33. The maximum Gasteiger partial charge on any atom is 0.233 e. The zero-order valence-electron chi connectivity index (χ0n) is 13.3. The summed E-state index contributed by atoms with van der Waals surface area (Å²) >= 11 is 8.11. The Morgan fingerprint density at radius 1 is 1.42 bits per heavy atom. The number of hydrogen-bond acceptors (Lipinski definition) is 5. The van der Waals surface area contributed by atoms with Crippen LogP contribution in [-0.4, -0.2) is 38.9 Å². The zero-order chi connectivity index (χ0) is 17.1. The maximum absolute atomic E-state index is 13.0. The normalized spacial score (nSPS) is 17.9. The molecule has 0 radical (unpaired) electrons. The first-order valence-electron chi connectivity index (χ1n) is 7.83. The minimum atomic E-state index is -0.295. The van der Waals surface area contributed by atoms with E-state index in [1.165, 1.54) is 41.7 Å². The molecule has 1 atom stereocenters. The van der Waals surface area contributed by atoms with E-state index in [0.717, 1.165) is 29.4 Å². The minimum Gasteiger partial charge on any atom is -0.339 e. The van der Waals surface area contributed by atoms with Gasteiger partial charge in [-0.3, -0.25) is 4.79 Å². The van der Waals surface area contributed by atoms with Crippen molar-refractivity contribution in [3.8, 4) is 5.69 Å². The fraction of sp³-hybridized carbons (Fsp3) is 0.438. The molecule has 24 heavy (non-hydrogen) atoms. The van der Waals surface area contributed by atoms with Gasteiger partial charge in [-0.15, -0.1) is 5.10 Å². The fourth-order valence-electron chi connectivity index (χ4n) is 2.74. The molecule has 1 aliphatic heterocycles. The maximum atomic E-state index is 13.0. The van der Waals surface area contributed by atoms with Crippen LogP contribution >= 0.6 is 35.3 Å². The molecule has 1 saturated heterocycles. The number of aromatic nitrogens is 2. The highest BCUT2D eigenvalue weighted by Gasteiger charge is 2.23. The first-order chi connectivity index (χ1) is 11.5. The van der Waals surface area contributed by atoms with Crippen LogP contribution in [0.3, 0.4) is 0 Å². The first kappa shape index (κ1) is 17.6. The van der Waals surface area contributed by atoms with Crippen molar-refractivity contribution >= 4 is 41.2 Å². The van der Waals surface area contributed by atoms with E-state index in [2.05, 4.69) is 12.0 Å². The van der Waals surface area contributed by atoms with E-state index < -0.39 is 0 Å². The van der Waals surface area contributed by atoms with E-state index >= 15 is 0 Å². The second kappa shape index (κ2) is 7.76. The van der Waals surface area contributed by atoms with Gasteiger partial charge >= 0.3 is 0 Å². The molecule has 0 bridgehead atoms. The molecule has 4 nitrogen and oxygen atoms in total. The van der Waals surface area contributed by atoms with Gasteiger partial charge in [0.25, 0.3) is 0 Å². The monoisotopic (exact) mass is 383 g/mol. The van der Waals surface area contributed by atoms with Gasteiger partial charge in [-0.1, -0.05) is 23.1 Å². The lowest BCUT2D eigenvalue weighted by Crippen LogP contribution is -2.42. The van der Waals surface area contributed by atoms with Crippen molar-refractivity contribution in [2.24, 2.45) is 0 Å². The lowest BCUT2D eigenvalue weighted by molar-refractivity contribution is -0.131. The van der Waals surface area contributed by atoms with E-state index in [9.17, 15) is 9.18 Å². The molecule has 1 aromatic carbocycles. The predicted molar refractivity (Wildman–Crippen MR) is 98.0 cm³/mol. The summed E-state index contributed by atoms with van der Waals surface area (Å²) in [4.78, 5) is 14.4. The van der Waals surface area contributed by atoms with Gasteiger partial charge in [0, 0.05) is 12.6 Å². The summed E-state index contributed by atoms with van der Waals surface area (Å²) in [7, 11) is 0. The number of amides is 1. The average Bonchev–Trinajstić information content (AvgIpc) is 2.95. The van der Waals surface area contributed by atoms with Crippen LogP contribution in [0.4, 0.5) is 4.39 Å². The minimum absolute atomic E-state index is 0.154. The van der Waals surface area contributed by atoms with Crippen LogP contribution < -0.4 is 0 Å². The molecule has 0 saturated carbocycles. The molecule has 128 valence electrons. The first-order valence-corrected chi connectivity index (χ1v) is 10.0. The van der Waals surface area contributed by atoms with Crippen LogP contribution in [0.25, 0.3) is 5.69 Å². The number of benzene rings is 1. The van der Waals surface area contributed by atoms with E-state index in [1.807, 2.05) is 4.90 Å². The van der Waals surface area contributed by atoms with Gasteiger partial charge in [0.05, 0.1) is 11.4 Å². The topological polar surface area (TPSA) is 38.1 Å². The van der Waals surface area contributed by atoms with Gasteiger partial charge in [0.1, 0.15) is 5.82 Å². The van der Waals surface area contributed by atoms with Crippen molar-refractivity contribution in [1.82, 2.24) is 14.7 Å². The second-order valence-electron chi connectivity index (χ2n) is 5.74. The third kappa shape index (κ3) is 4.04. The number of thioether (sulfide) groups is 1. The highest BCUT2D eigenvalue weighted by Crippen LogP contribution is 2.25. The summed E-state index contributed by atoms with van der Waals surface area (Å²) in [5.74, 6) is 0.230. The van der Waals surface area contributed by atoms with Crippen LogP contribution in [0, 0.1) is 9.77 Å². The van der Waals surface area contributed by atoms with Gasteiger partial charge in [-0.05, 0) is 62.7 Å². The number of hydrogen-bond donors (Lipinski definition) is 0. The third-order valence-electron chi connectivity index (χ3n) is 4.04. The summed E-state index contributed by atoms with van der Waals surface area (Å²) < 4.78 is 16.0. The van der Waals surface area contributed by atoms with Gasteiger partial charge < -0.3 is 4.90 Å². The second-order valence-corrected chi connectivity index (χ2v) is 8.59. The van der Waals surface area contributed by atoms with Crippen LogP contribution in [0.1, 0.15) is 26.2 Å². The smallest absolute Gasteiger partial charge is 0.233 e. The Bertz CT molecular complexity index is 772. The highest BCUT2D eigenvalue weighted by atomic mass is 32.2. The Labute approximate surface area is 153 Å². The lowest BCUT2D eigenvalue weighted by atomic mass is 10.0. The Balaban J connectivity index is 1.66. The van der Waals surface area contributed by atoms with Crippen LogP contribution in [0.2, 0.25) is 0 Å². The molecule has 2 aromatic rings. The van der Waals surface area contributed by atoms with E-state index in [4.69, 9.17) is 12.2 Å². The summed E-state index contributed by atoms with van der Waals surface area (Å²) in [5.41, 5.74) is 0.723. The molecule has 1 aromatic heterocycles. The molecule has 3 rings (SSSR count). The Morgan fingerprint density at radius 3 is 2.88 bits per heavy atom. The molecule has 1 aliphatic rings. The molecule has 0 unspecified atom stereocenters. The average molecular weight is 384 g/mol. The van der Waals surface area contributed by atoms with Gasteiger partial charge in [0.2, 0.25) is 5.91 Å². The molecule has 0 N–H and O–H groups in total. The van der Waals surface area contributed by atoms with Gasteiger partial charge in [-0.2, -0.15) is 0 Å². The third-order valence-corrected chi connectivity index (χ3v) is 6.39. The Morgan fingerprint density at radius 2 is 2.17 bits per heavy atom. The van der Waals surface area contributed by atoms with Crippen molar-refractivity contribution in [3.05, 3.63) is 34.0 Å². The Hall–Kier alpha value is -1.25. The largest absolute Gasteiger partial charge is 0.339 e. The highest BCUT2D eigenvalue weighted by molar-refractivity contribution is 8.01. The van der Waals surface area contributed by atoms with Crippen LogP contribution in [0.15, 0.2) is 28.6 Å². The Kier molecular flexibility index (Phi) is 5.68. The van der Waals surface area contributed by atoms with Crippen molar-refractivity contribution in [3.63, 3.8) is 0 Å². The van der Waals surface area contributed by atoms with Crippen molar-refractivity contribution in [2.45, 2.75) is 36.6 Å². The molecular weight excluding hydrogens is 365 g/mol. The number of likely N-dealkylation sites (tertiary alicyclic amines) is 1. The number of nitrogens with zero attached hydrogens (tertiary/aromatic N) is 3. The SMILES string of the molecule is C[C@H]1CCCCN1C(=O)CSc1nn(-c2ccc(F)cc2)c(=S)s1. The molecule has 0 spiro atoms. The number of rotatable bonds is 4. The number of halogens is 1. The molecule has 0 aliphatic carbocycles. The van der Waals surface area contributed by atoms with Crippen molar-refractivity contribution in [2.75, 3.05) is 12.3 Å². The number of piperidine rings is 1.